The molecule has 0 aromatic heterocycles. The van der Waals surface area contributed by atoms with Gasteiger partial charge in [-0.1, -0.05) is 47.7 Å². The van der Waals surface area contributed by atoms with Gasteiger partial charge in [-0.25, -0.2) is 8.42 Å². The van der Waals surface area contributed by atoms with E-state index in [0.717, 1.165) is 22.8 Å². The van der Waals surface area contributed by atoms with Crippen molar-refractivity contribution in [2.45, 2.75) is 31.6 Å². The van der Waals surface area contributed by atoms with Crippen LogP contribution < -0.4 is 10.6 Å². The SMILES string of the molecule is Cc1cccc(CCNC(=O)c2ccc(C)c(NC3=N[C@H]4CS(=O)(=O)C[C@@H]4S3)c2)c1. The van der Waals surface area contributed by atoms with Crippen LogP contribution in [0.2, 0.25) is 0 Å². The number of amides is 1. The Hall–Kier alpha value is -2.32. The fraction of sp³-hybridized carbons (Fsp3) is 0.364. The minimum atomic E-state index is -2.97. The van der Waals surface area contributed by atoms with Crippen LogP contribution in [0, 0.1) is 13.8 Å². The maximum atomic E-state index is 12.6. The van der Waals surface area contributed by atoms with E-state index < -0.39 is 9.84 Å². The fourth-order valence-electron chi connectivity index (χ4n) is 3.72. The molecule has 2 aromatic carbocycles. The largest absolute Gasteiger partial charge is 0.352 e. The summed E-state index contributed by atoms with van der Waals surface area (Å²) in [6, 6.07) is 13.6. The molecular weight excluding hydrogens is 418 g/mol. The van der Waals surface area contributed by atoms with Crippen LogP contribution in [-0.2, 0) is 16.3 Å². The Balaban J connectivity index is 1.38. The van der Waals surface area contributed by atoms with E-state index in [2.05, 4.69) is 40.7 Å². The highest BCUT2D eigenvalue weighted by Gasteiger charge is 2.42. The molecule has 30 heavy (non-hydrogen) atoms. The number of nitrogens with one attached hydrogen (secondary N) is 2. The van der Waals surface area contributed by atoms with Crippen molar-refractivity contribution in [2.75, 3.05) is 23.4 Å². The quantitative estimate of drug-likeness (QED) is 0.742. The van der Waals surface area contributed by atoms with E-state index in [1.807, 2.05) is 31.2 Å². The summed E-state index contributed by atoms with van der Waals surface area (Å²) in [5.41, 5.74) is 4.81. The normalized spacial score (nSPS) is 21.7. The highest BCUT2D eigenvalue weighted by atomic mass is 32.2. The molecule has 0 spiro atoms. The van der Waals surface area contributed by atoms with Crippen LogP contribution in [0.4, 0.5) is 5.69 Å². The molecule has 8 heteroatoms. The lowest BCUT2D eigenvalue weighted by molar-refractivity contribution is 0.0954. The standard InChI is InChI=1S/C22H25N3O3S2/c1-14-4-3-5-16(10-14)8-9-23-21(26)17-7-6-15(2)18(11-17)24-22-25-19-12-30(27,28)13-20(19)29-22/h3-7,10-11,19-20H,8-9,12-13H2,1-2H3,(H,23,26)(H,24,25)/t19-,20-/m0/s1. The molecule has 0 saturated carbocycles. The Labute approximate surface area is 181 Å². The van der Waals surface area contributed by atoms with E-state index in [4.69, 9.17) is 0 Å². The number of hydrogen-bond donors (Lipinski definition) is 2. The van der Waals surface area contributed by atoms with Gasteiger partial charge in [0.25, 0.3) is 5.91 Å². The van der Waals surface area contributed by atoms with Crippen LogP contribution >= 0.6 is 11.8 Å². The summed E-state index contributed by atoms with van der Waals surface area (Å²) in [7, 11) is -2.97. The first kappa shape index (κ1) is 20.9. The van der Waals surface area contributed by atoms with Crippen molar-refractivity contribution in [3.05, 3.63) is 64.7 Å². The lowest BCUT2D eigenvalue weighted by Crippen LogP contribution is -2.26. The average molecular weight is 444 g/mol. The number of carbonyl (C=O) groups excluding carboxylic acids is 1. The Morgan fingerprint density at radius 2 is 2.00 bits per heavy atom. The van der Waals surface area contributed by atoms with Gasteiger partial charge < -0.3 is 10.6 Å². The molecule has 4 rings (SSSR count). The summed E-state index contributed by atoms with van der Waals surface area (Å²) in [5.74, 6) is 0.187. The first-order valence-corrected chi connectivity index (χ1v) is 12.7. The minimum Gasteiger partial charge on any atom is -0.352 e. The van der Waals surface area contributed by atoms with E-state index in [0.29, 0.717) is 12.1 Å². The highest BCUT2D eigenvalue weighted by molar-refractivity contribution is 8.15. The van der Waals surface area contributed by atoms with Crippen molar-refractivity contribution in [2.24, 2.45) is 4.99 Å². The predicted molar refractivity (Wildman–Crippen MR) is 123 cm³/mol. The zero-order valence-electron chi connectivity index (χ0n) is 17.0. The maximum Gasteiger partial charge on any atom is 0.251 e. The number of anilines is 1. The minimum absolute atomic E-state index is 0.00842. The number of rotatable bonds is 5. The van der Waals surface area contributed by atoms with Crippen molar-refractivity contribution < 1.29 is 13.2 Å². The predicted octanol–water partition coefficient (Wildman–Crippen LogP) is 2.96. The van der Waals surface area contributed by atoms with E-state index in [1.54, 1.807) is 0 Å². The molecule has 0 unspecified atom stereocenters. The third-order valence-electron chi connectivity index (χ3n) is 5.34. The zero-order chi connectivity index (χ0) is 21.3. The van der Waals surface area contributed by atoms with Crippen LogP contribution in [0.3, 0.4) is 0 Å². The van der Waals surface area contributed by atoms with Gasteiger partial charge in [0.2, 0.25) is 0 Å². The second-order valence-corrected chi connectivity index (χ2v) is 11.3. The van der Waals surface area contributed by atoms with Crippen LogP contribution in [0.15, 0.2) is 47.5 Å². The van der Waals surface area contributed by atoms with Gasteiger partial charge in [0, 0.05) is 23.0 Å². The number of thioether (sulfide) groups is 1. The van der Waals surface area contributed by atoms with Crippen molar-refractivity contribution in [3.63, 3.8) is 0 Å². The number of fused-ring (bicyclic) bond motifs is 1. The number of carbonyl (C=O) groups is 1. The molecule has 2 atom stereocenters. The lowest BCUT2D eigenvalue weighted by Gasteiger charge is -2.12. The Morgan fingerprint density at radius 1 is 1.17 bits per heavy atom. The van der Waals surface area contributed by atoms with Crippen molar-refractivity contribution in [3.8, 4) is 0 Å². The molecule has 6 nitrogen and oxygen atoms in total. The number of amidine groups is 1. The van der Waals surface area contributed by atoms with Crippen LogP contribution in [0.5, 0.6) is 0 Å². The van der Waals surface area contributed by atoms with Crippen molar-refractivity contribution in [1.29, 1.82) is 0 Å². The number of aryl methyl sites for hydroxylation is 2. The average Bonchev–Trinajstić information content (AvgIpc) is 3.16. The van der Waals surface area contributed by atoms with Gasteiger partial charge >= 0.3 is 0 Å². The molecule has 2 aromatic rings. The smallest absolute Gasteiger partial charge is 0.251 e. The van der Waals surface area contributed by atoms with E-state index in [-0.39, 0.29) is 28.7 Å². The molecule has 2 aliphatic rings. The summed E-state index contributed by atoms with van der Waals surface area (Å²) in [4.78, 5) is 17.1. The molecule has 2 N–H and O–H groups in total. The van der Waals surface area contributed by atoms with Gasteiger partial charge in [-0.3, -0.25) is 9.79 Å². The molecule has 2 aliphatic heterocycles. The Kier molecular flexibility index (Phi) is 5.88. The summed E-state index contributed by atoms with van der Waals surface area (Å²) < 4.78 is 23.5. The van der Waals surface area contributed by atoms with Crippen LogP contribution in [-0.4, -0.2) is 48.8 Å². The second-order valence-electron chi connectivity index (χ2n) is 7.88. The molecule has 2 heterocycles. The first-order chi connectivity index (χ1) is 14.3. The Bertz CT molecular complexity index is 1110. The van der Waals surface area contributed by atoms with E-state index in [9.17, 15) is 13.2 Å². The number of nitrogens with zero attached hydrogens (tertiary/aromatic N) is 1. The molecular formula is C22H25N3O3S2. The Morgan fingerprint density at radius 3 is 2.77 bits per heavy atom. The van der Waals surface area contributed by atoms with Crippen LogP contribution in [0.1, 0.15) is 27.0 Å². The lowest BCUT2D eigenvalue weighted by atomic mass is 10.1. The molecule has 158 valence electrons. The third kappa shape index (κ3) is 4.87. The summed E-state index contributed by atoms with van der Waals surface area (Å²) >= 11 is 1.47. The molecule has 1 amide bonds. The molecule has 0 radical (unpaired) electrons. The molecule has 1 saturated heterocycles. The second kappa shape index (κ2) is 8.43. The van der Waals surface area contributed by atoms with E-state index >= 15 is 0 Å². The third-order valence-corrected chi connectivity index (χ3v) is 8.48. The number of aliphatic imine (C=N–C) groups is 1. The number of sulfone groups is 1. The topological polar surface area (TPSA) is 87.6 Å². The van der Waals surface area contributed by atoms with Crippen LogP contribution in [0.25, 0.3) is 0 Å². The van der Waals surface area contributed by atoms with Crippen molar-refractivity contribution >= 4 is 38.4 Å². The van der Waals surface area contributed by atoms with Gasteiger partial charge in [-0.05, 0) is 43.5 Å². The summed E-state index contributed by atoms with van der Waals surface area (Å²) in [6.07, 6.45) is 0.781. The van der Waals surface area contributed by atoms with Crippen molar-refractivity contribution in [1.82, 2.24) is 5.32 Å². The highest BCUT2D eigenvalue weighted by Crippen LogP contribution is 2.35. The molecule has 1 fully saturated rings. The van der Waals surface area contributed by atoms with Gasteiger partial charge in [0.05, 0.1) is 17.5 Å². The first-order valence-electron chi connectivity index (χ1n) is 9.95. The summed E-state index contributed by atoms with van der Waals surface area (Å²) in [5, 5.41) is 6.98. The van der Waals surface area contributed by atoms with Gasteiger partial charge in [0.15, 0.2) is 15.0 Å². The molecule has 0 bridgehead atoms. The number of hydrogen-bond acceptors (Lipinski definition) is 6. The maximum absolute atomic E-state index is 12.6. The zero-order valence-corrected chi connectivity index (χ0v) is 18.6. The van der Waals surface area contributed by atoms with E-state index in [1.165, 1.54) is 22.9 Å². The van der Waals surface area contributed by atoms with Gasteiger partial charge in [-0.15, -0.1) is 0 Å². The summed E-state index contributed by atoms with van der Waals surface area (Å²) in [6.45, 7) is 4.59. The van der Waals surface area contributed by atoms with Gasteiger partial charge in [0.1, 0.15) is 0 Å². The fourth-order valence-corrected chi connectivity index (χ4v) is 7.39. The number of benzene rings is 2. The molecule has 0 aliphatic carbocycles. The van der Waals surface area contributed by atoms with Gasteiger partial charge in [-0.2, -0.15) is 0 Å². The monoisotopic (exact) mass is 443 g/mol.